The molecule has 0 fully saturated rings. The van der Waals surface area contributed by atoms with Crippen molar-refractivity contribution in [2.75, 3.05) is 19.4 Å². The second kappa shape index (κ2) is 7.87. The van der Waals surface area contributed by atoms with Crippen LogP contribution >= 0.6 is 11.8 Å². The minimum Gasteiger partial charge on any atom is -0.497 e. The van der Waals surface area contributed by atoms with Crippen LogP contribution in [-0.2, 0) is 6.54 Å². The number of hydrogen-bond donors (Lipinski definition) is 1. The van der Waals surface area contributed by atoms with Crippen LogP contribution in [0.15, 0.2) is 59.5 Å². The highest BCUT2D eigenvalue weighted by Gasteiger charge is 1.95. The maximum absolute atomic E-state index is 5.14. The molecule has 2 aromatic rings. The maximum Gasteiger partial charge on any atom is 0.118 e. The fraction of sp³-hybridized carbons (Fsp3) is 0.250. The van der Waals surface area contributed by atoms with E-state index in [1.54, 1.807) is 7.11 Å². The van der Waals surface area contributed by atoms with Crippen molar-refractivity contribution in [3.05, 3.63) is 60.2 Å². The van der Waals surface area contributed by atoms with E-state index in [1.807, 2.05) is 30.0 Å². The van der Waals surface area contributed by atoms with Gasteiger partial charge in [0.25, 0.3) is 0 Å². The van der Waals surface area contributed by atoms with Crippen LogP contribution in [0.4, 0.5) is 0 Å². The zero-order valence-corrected chi connectivity index (χ0v) is 12.0. The normalized spacial score (nSPS) is 10.4. The summed E-state index contributed by atoms with van der Waals surface area (Å²) in [6, 6.07) is 18.7. The zero-order valence-electron chi connectivity index (χ0n) is 11.1. The third-order valence-corrected chi connectivity index (χ3v) is 3.79. The maximum atomic E-state index is 5.14. The lowest BCUT2D eigenvalue weighted by Gasteiger charge is -2.06. The summed E-state index contributed by atoms with van der Waals surface area (Å²) in [7, 11) is 1.69. The van der Waals surface area contributed by atoms with Crippen molar-refractivity contribution in [3.63, 3.8) is 0 Å². The summed E-state index contributed by atoms with van der Waals surface area (Å²) in [5, 5.41) is 3.45. The molecule has 0 amide bonds. The first-order valence-electron chi connectivity index (χ1n) is 6.40. The summed E-state index contributed by atoms with van der Waals surface area (Å²) >= 11 is 1.88. The molecule has 0 spiro atoms. The van der Waals surface area contributed by atoms with Gasteiger partial charge in [0, 0.05) is 23.7 Å². The Morgan fingerprint density at radius 2 is 1.74 bits per heavy atom. The molecular formula is C16H19NOS. The molecule has 19 heavy (non-hydrogen) atoms. The summed E-state index contributed by atoms with van der Waals surface area (Å²) in [6.07, 6.45) is 0. The van der Waals surface area contributed by atoms with Gasteiger partial charge in [-0.15, -0.1) is 11.8 Å². The molecule has 0 heterocycles. The monoisotopic (exact) mass is 273 g/mol. The molecule has 0 saturated heterocycles. The van der Waals surface area contributed by atoms with Gasteiger partial charge in [-0.3, -0.25) is 0 Å². The first-order valence-corrected chi connectivity index (χ1v) is 7.38. The quantitative estimate of drug-likeness (QED) is 0.615. The minimum absolute atomic E-state index is 0.902. The first-order chi connectivity index (χ1) is 9.38. The van der Waals surface area contributed by atoms with Gasteiger partial charge in [-0.05, 0) is 29.8 Å². The van der Waals surface area contributed by atoms with E-state index in [9.17, 15) is 0 Å². The third kappa shape index (κ3) is 4.97. The Balaban J connectivity index is 1.63. The van der Waals surface area contributed by atoms with Crippen LogP contribution in [-0.4, -0.2) is 19.4 Å². The molecule has 0 radical (unpaired) electrons. The van der Waals surface area contributed by atoms with Gasteiger partial charge in [-0.1, -0.05) is 30.3 Å². The Labute approximate surface area is 119 Å². The van der Waals surface area contributed by atoms with Crippen molar-refractivity contribution >= 4 is 11.8 Å². The van der Waals surface area contributed by atoms with Crippen molar-refractivity contribution in [2.24, 2.45) is 0 Å². The Morgan fingerprint density at radius 1 is 1.00 bits per heavy atom. The molecule has 0 bridgehead atoms. The average Bonchev–Trinajstić information content (AvgIpc) is 2.49. The number of ether oxygens (including phenoxy) is 1. The standard InChI is InChI=1S/C16H19NOS/c1-18-15-9-7-14(8-10-15)13-17-11-12-19-16-5-3-2-4-6-16/h2-10,17H,11-13H2,1H3. The lowest BCUT2D eigenvalue weighted by atomic mass is 10.2. The molecule has 3 heteroatoms. The highest BCUT2D eigenvalue weighted by Crippen LogP contribution is 2.16. The van der Waals surface area contributed by atoms with Crippen LogP contribution in [0.1, 0.15) is 5.56 Å². The van der Waals surface area contributed by atoms with E-state index in [4.69, 9.17) is 4.74 Å². The van der Waals surface area contributed by atoms with Crippen LogP contribution in [0.25, 0.3) is 0 Å². The lowest BCUT2D eigenvalue weighted by molar-refractivity contribution is 0.414. The Morgan fingerprint density at radius 3 is 2.42 bits per heavy atom. The van der Waals surface area contributed by atoms with Gasteiger partial charge in [-0.2, -0.15) is 0 Å². The van der Waals surface area contributed by atoms with E-state index in [-0.39, 0.29) is 0 Å². The van der Waals surface area contributed by atoms with Gasteiger partial charge in [-0.25, -0.2) is 0 Å². The van der Waals surface area contributed by atoms with Crippen molar-refractivity contribution < 1.29 is 4.74 Å². The van der Waals surface area contributed by atoms with Crippen LogP contribution in [0.5, 0.6) is 5.75 Å². The SMILES string of the molecule is COc1ccc(CNCCSc2ccccc2)cc1. The van der Waals surface area contributed by atoms with Crippen molar-refractivity contribution in [3.8, 4) is 5.75 Å². The van der Waals surface area contributed by atoms with Gasteiger partial charge in [0.15, 0.2) is 0 Å². The third-order valence-electron chi connectivity index (χ3n) is 2.78. The number of nitrogens with one attached hydrogen (secondary N) is 1. The van der Waals surface area contributed by atoms with E-state index in [2.05, 4.69) is 41.7 Å². The fourth-order valence-electron chi connectivity index (χ4n) is 1.73. The van der Waals surface area contributed by atoms with Crippen LogP contribution in [0, 0.1) is 0 Å². The van der Waals surface area contributed by atoms with Gasteiger partial charge >= 0.3 is 0 Å². The van der Waals surface area contributed by atoms with Crippen LogP contribution in [0.2, 0.25) is 0 Å². The molecule has 0 aromatic heterocycles. The molecule has 2 rings (SSSR count). The smallest absolute Gasteiger partial charge is 0.118 e. The minimum atomic E-state index is 0.902. The Hall–Kier alpha value is -1.45. The lowest BCUT2D eigenvalue weighted by Crippen LogP contribution is -2.16. The van der Waals surface area contributed by atoms with Gasteiger partial charge in [0.05, 0.1) is 7.11 Å². The number of thioether (sulfide) groups is 1. The fourth-order valence-corrected chi connectivity index (χ4v) is 2.57. The van der Waals surface area contributed by atoms with Crippen molar-refractivity contribution in [1.29, 1.82) is 0 Å². The predicted octanol–water partition coefficient (Wildman–Crippen LogP) is 3.58. The Kier molecular flexibility index (Phi) is 5.79. The van der Waals surface area contributed by atoms with Crippen LogP contribution in [0.3, 0.4) is 0 Å². The average molecular weight is 273 g/mol. The van der Waals surface area contributed by atoms with E-state index in [0.29, 0.717) is 0 Å². The molecule has 2 nitrogen and oxygen atoms in total. The van der Waals surface area contributed by atoms with Gasteiger partial charge in [0.2, 0.25) is 0 Å². The summed E-state index contributed by atoms with van der Waals surface area (Å²) in [4.78, 5) is 1.33. The summed E-state index contributed by atoms with van der Waals surface area (Å²) in [5.41, 5.74) is 1.28. The molecule has 2 aromatic carbocycles. The number of benzene rings is 2. The number of methoxy groups -OCH3 is 1. The highest BCUT2D eigenvalue weighted by atomic mass is 32.2. The molecule has 0 unspecified atom stereocenters. The van der Waals surface area contributed by atoms with E-state index < -0.39 is 0 Å². The largest absolute Gasteiger partial charge is 0.497 e. The predicted molar refractivity (Wildman–Crippen MR) is 81.9 cm³/mol. The van der Waals surface area contributed by atoms with Gasteiger partial charge in [0.1, 0.15) is 5.75 Å². The summed E-state index contributed by atoms with van der Waals surface area (Å²) < 4.78 is 5.14. The molecular weight excluding hydrogens is 254 g/mol. The first kappa shape index (κ1) is 14.0. The molecule has 0 aliphatic rings. The summed E-state index contributed by atoms with van der Waals surface area (Å²) in [5.74, 6) is 1.99. The molecule has 0 saturated carbocycles. The van der Waals surface area contributed by atoms with E-state index in [0.717, 1.165) is 24.6 Å². The topological polar surface area (TPSA) is 21.3 Å². The van der Waals surface area contributed by atoms with E-state index >= 15 is 0 Å². The number of rotatable bonds is 7. The highest BCUT2D eigenvalue weighted by molar-refractivity contribution is 7.99. The molecule has 0 aliphatic heterocycles. The molecule has 0 atom stereocenters. The second-order valence-corrected chi connectivity index (χ2v) is 5.35. The van der Waals surface area contributed by atoms with E-state index in [1.165, 1.54) is 10.5 Å². The zero-order chi connectivity index (χ0) is 13.3. The Bertz CT molecular complexity index is 470. The number of hydrogen-bond acceptors (Lipinski definition) is 3. The second-order valence-electron chi connectivity index (χ2n) is 4.19. The molecule has 1 N–H and O–H groups in total. The summed E-state index contributed by atoms with van der Waals surface area (Å²) in [6.45, 7) is 1.91. The van der Waals surface area contributed by atoms with Crippen LogP contribution < -0.4 is 10.1 Å². The molecule has 0 aliphatic carbocycles. The molecule has 100 valence electrons. The van der Waals surface area contributed by atoms with Gasteiger partial charge < -0.3 is 10.1 Å². The van der Waals surface area contributed by atoms with Crippen molar-refractivity contribution in [2.45, 2.75) is 11.4 Å². The van der Waals surface area contributed by atoms with Crippen molar-refractivity contribution in [1.82, 2.24) is 5.32 Å².